The average Bonchev–Trinajstić information content (AvgIpc) is 3.19. The normalized spacial score (nSPS) is 11.3. The van der Waals surface area contributed by atoms with Crippen molar-refractivity contribution in [3.05, 3.63) is 63.3 Å². The van der Waals surface area contributed by atoms with Gasteiger partial charge in [-0.05, 0) is 31.5 Å². The fourth-order valence-corrected chi connectivity index (χ4v) is 4.24. The van der Waals surface area contributed by atoms with Crippen molar-refractivity contribution in [3.63, 3.8) is 0 Å². The van der Waals surface area contributed by atoms with Crippen LogP contribution in [0, 0.1) is 13.8 Å². The summed E-state index contributed by atoms with van der Waals surface area (Å²) < 4.78 is 1.73. The molecule has 0 atom stereocenters. The van der Waals surface area contributed by atoms with Crippen LogP contribution in [0.2, 0.25) is 0 Å². The number of hydrogen-bond donors (Lipinski definition) is 1. The Morgan fingerprint density at radius 1 is 1.24 bits per heavy atom. The number of rotatable bonds is 4. The first-order valence-electron chi connectivity index (χ1n) is 7.70. The second kappa shape index (κ2) is 6.45. The second-order valence-corrected chi connectivity index (χ2v) is 7.72. The van der Waals surface area contributed by atoms with Gasteiger partial charge in [-0.15, -0.1) is 16.4 Å². The fraction of sp³-hybridized carbons (Fsp3) is 0.176. The molecule has 0 fully saturated rings. The highest BCUT2D eigenvalue weighted by Gasteiger charge is 2.12. The van der Waals surface area contributed by atoms with Crippen LogP contribution in [0.1, 0.15) is 16.3 Å². The lowest BCUT2D eigenvalue weighted by molar-refractivity contribution is 0.834. The third-order valence-electron chi connectivity index (χ3n) is 3.92. The first-order chi connectivity index (χ1) is 12.1. The molecule has 6 nitrogen and oxygen atoms in total. The molecule has 0 aliphatic carbocycles. The van der Waals surface area contributed by atoms with Gasteiger partial charge in [0.2, 0.25) is 5.16 Å². The molecule has 126 valence electrons. The molecule has 3 aromatic heterocycles. The number of thiophene rings is 1. The van der Waals surface area contributed by atoms with Crippen molar-refractivity contribution in [1.82, 2.24) is 24.7 Å². The van der Waals surface area contributed by atoms with Crippen molar-refractivity contribution in [3.8, 4) is 5.69 Å². The van der Waals surface area contributed by atoms with Crippen molar-refractivity contribution < 1.29 is 0 Å². The maximum Gasteiger partial charge on any atom is 0.259 e. The molecule has 0 unspecified atom stereocenters. The van der Waals surface area contributed by atoms with E-state index in [2.05, 4.69) is 20.1 Å². The molecule has 3 heterocycles. The lowest BCUT2D eigenvalue weighted by Gasteiger charge is -2.00. The summed E-state index contributed by atoms with van der Waals surface area (Å²) in [6.45, 7) is 3.97. The zero-order valence-electron chi connectivity index (χ0n) is 13.7. The van der Waals surface area contributed by atoms with E-state index in [4.69, 9.17) is 0 Å². The largest absolute Gasteiger partial charge is 0.309 e. The van der Waals surface area contributed by atoms with Gasteiger partial charge in [-0.1, -0.05) is 30.0 Å². The van der Waals surface area contributed by atoms with E-state index in [9.17, 15) is 4.79 Å². The minimum Gasteiger partial charge on any atom is -0.309 e. The number of nitrogens with zero attached hydrogens (tertiary/aromatic N) is 4. The van der Waals surface area contributed by atoms with Crippen LogP contribution in [0.5, 0.6) is 0 Å². The van der Waals surface area contributed by atoms with Crippen LogP contribution >= 0.6 is 23.1 Å². The molecule has 25 heavy (non-hydrogen) atoms. The number of aromatic nitrogens is 5. The zero-order chi connectivity index (χ0) is 17.4. The number of nitrogens with one attached hydrogen (secondary N) is 1. The average molecular weight is 369 g/mol. The van der Waals surface area contributed by atoms with Gasteiger partial charge >= 0.3 is 0 Å². The third-order valence-corrected chi connectivity index (χ3v) is 5.88. The second-order valence-electron chi connectivity index (χ2n) is 5.57. The van der Waals surface area contributed by atoms with Crippen LogP contribution in [0.4, 0.5) is 0 Å². The summed E-state index contributed by atoms with van der Waals surface area (Å²) in [5, 5.41) is 5.79. The monoisotopic (exact) mass is 369 g/mol. The molecule has 0 saturated carbocycles. The van der Waals surface area contributed by atoms with E-state index in [1.807, 2.05) is 44.2 Å². The molecule has 0 spiro atoms. The Hall–Kier alpha value is -2.45. The van der Waals surface area contributed by atoms with Crippen molar-refractivity contribution in [2.75, 3.05) is 0 Å². The first-order valence-corrected chi connectivity index (χ1v) is 9.51. The molecule has 1 N–H and O–H groups in total. The molecule has 0 aliphatic rings. The minimum atomic E-state index is -0.0785. The third kappa shape index (κ3) is 3.10. The Morgan fingerprint density at radius 2 is 2.04 bits per heavy atom. The van der Waals surface area contributed by atoms with Crippen LogP contribution in [0.15, 0.2) is 46.6 Å². The Bertz CT molecular complexity index is 1100. The lowest BCUT2D eigenvalue weighted by atomic mass is 10.2. The maximum atomic E-state index is 12.3. The summed E-state index contributed by atoms with van der Waals surface area (Å²) in [7, 11) is 0. The van der Waals surface area contributed by atoms with Crippen LogP contribution in [0.3, 0.4) is 0 Å². The predicted octanol–water partition coefficient (Wildman–Crippen LogP) is 3.47. The number of H-pyrrole nitrogens is 1. The van der Waals surface area contributed by atoms with E-state index in [0.29, 0.717) is 22.1 Å². The summed E-state index contributed by atoms with van der Waals surface area (Å²) >= 11 is 3.00. The van der Waals surface area contributed by atoms with Gasteiger partial charge in [-0.2, -0.15) is 0 Å². The standard InChI is InChI=1S/C17H15N5OS2/c1-10-11(2)25-16-14(10)15(23)19-13(20-16)8-24-17-18-9-22(21-17)12-6-4-3-5-7-12/h3-7,9H,8H2,1-2H3,(H,19,20,23). The van der Waals surface area contributed by atoms with Gasteiger partial charge in [0, 0.05) is 4.88 Å². The van der Waals surface area contributed by atoms with Gasteiger partial charge in [0.15, 0.2) is 0 Å². The summed E-state index contributed by atoms with van der Waals surface area (Å²) in [6.07, 6.45) is 1.68. The van der Waals surface area contributed by atoms with E-state index in [1.54, 1.807) is 22.3 Å². The maximum absolute atomic E-state index is 12.3. The number of benzene rings is 1. The molecule has 0 aliphatic heterocycles. The molecule has 1 aromatic carbocycles. The van der Waals surface area contributed by atoms with E-state index >= 15 is 0 Å². The molecule has 0 amide bonds. The quantitative estimate of drug-likeness (QED) is 0.557. The molecule has 0 radical (unpaired) electrons. The minimum absolute atomic E-state index is 0.0785. The lowest BCUT2D eigenvalue weighted by Crippen LogP contribution is -2.10. The molecular weight excluding hydrogens is 354 g/mol. The topological polar surface area (TPSA) is 76.5 Å². The van der Waals surface area contributed by atoms with Gasteiger partial charge in [-0.25, -0.2) is 14.6 Å². The summed E-state index contributed by atoms with van der Waals surface area (Å²) in [4.78, 5) is 26.0. The van der Waals surface area contributed by atoms with E-state index in [1.165, 1.54) is 11.8 Å². The van der Waals surface area contributed by atoms with Crippen molar-refractivity contribution in [2.24, 2.45) is 0 Å². The molecule has 4 aromatic rings. The van der Waals surface area contributed by atoms with Gasteiger partial charge in [0.1, 0.15) is 17.0 Å². The predicted molar refractivity (Wildman–Crippen MR) is 101 cm³/mol. The van der Waals surface area contributed by atoms with Crippen molar-refractivity contribution in [1.29, 1.82) is 0 Å². The van der Waals surface area contributed by atoms with Crippen LogP contribution in [-0.2, 0) is 5.75 Å². The first kappa shape index (κ1) is 16.0. The van der Waals surface area contributed by atoms with E-state index < -0.39 is 0 Å². The number of aromatic amines is 1. The SMILES string of the molecule is Cc1sc2nc(CSc3ncn(-c4ccccc4)n3)[nH]c(=O)c2c1C. The molecule has 8 heteroatoms. The van der Waals surface area contributed by atoms with Gasteiger partial charge in [0.05, 0.1) is 16.8 Å². The summed E-state index contributed by atoms with van der Waals surface area (Å²) in [6, 6.07) is 9.81. The van der Waals surface area contributed by atoms with Crippen molar-refractivity contribution in [2.45, 2.75) is 24.8 Å². The van der Waals surface area contributed by atoms with Crippen LogP contribution < -0.4 is 5.56 Å². The Labute approximate surface area is 152 Å². The number of aryl methyl sites for hydroxylation is 2. The molecular formula is C17H15N5OS2. The molecule has 0 bridgehead atoms. The smallest absolute Gasteiger partial charge is 0.259 e. The van der Waals surface area contributed by atoms with Crippen molar-refractivity contribution >= 4 is 33.3 Å². The highest BCUT2D eigenvalue weighted by atomic mass is 32.2. The zero-order valence-corrected chi connectivity index (χ0v) is 15.3. The summed E-state index contributed by atoms with van der Waals surface area (Å²) in [5.74, 6) is 1.15. The number of fused-ring (bicyclic) bond motifs is 1. The Kier molecular flexibility index (Phi) is 4.14. The van der Waals surface area contributed by atoms with Crippen LogP contribution in [-0.4, -0.2) is 24.7 Å². The van der Waals surface area contributed by atoms with Gasteiger partial charge in [-0.3, -0.25) is 4.79 Å². The molecule has 0 saturated heterocycles. The number of hydrogen-bond acceptors (Lipinski definition) is 6. The van der Waals surface area contributed by atoms with Crippen LogP contribution in [0.25, 0.3) is 15.9 Å². The highest BCUT2D eigenvalue weighted by Crippen LogP contribution is 2.26. The Morgan fingerprint density at radius 3 is 2.84 bits per heavy atom. The number of para-hydroxylation sites is 1. The number of thioether (sulfide) groups is 1. The van der Waals surface area contributed by atoms with Gasteiger partial charge < -0.3 is 4.98 Å². The fourth-order valence-electron chi connectivity index (χ4n) is 2.52. The summed E-state index contributed by atoms with van der Waals surface area (Å²) in [5.41, 5.74) is 1.89. The van der Waals surface area contributed by atoms with E-state index in [-0.39, 0.29) is 5.56 Å². The Balaban J connectivity index is 1.55. The van der Waals surface area contributed by atoms with E-state index in [0.717, 1.165) is 21.0 Å². The molecule has 4 rings (SSSR count). The van der Waals surface area contributed by atoms with Gasteiger partial charge in [0.25, 0.3) is 5.56 Å². The highest BCUT2D eigenvalue weighted by molar-refractivity contribution is 7.98.